The van der Waals surface area contributed by atoms with E-state index in [2.05, 4.69) is 13.8 Å². The third-order valence-electron chi connectivity index (χ3n) is 7.01. The quantitative estimate of drug-likeness (QED) is 0.485. The van der Waals surface area contributed by atoms with Crippen LogP contribution in [-0.2, 0) is 14.3 Å². The molecule has 31 heavy (non-hydrogen) atoms. The summed E-state index contributed by atoms with van der Waals surface area (Å²) in [5, 5.41) is 20.8. The van der Waals surface area contributed by atoms with Gasteiger partial charge in [0, 0.05) is 12.3 Å². The van der Waals surface area contributed by atoms with Crippen molar-refractivity contribution in [3.8, 4) is 0 Å². The number of carbonyl (C=O) groups is 2. The summed E-state index contributed by atoms with van der Waals surface area (Å²) >= 11 is 0. The second-order valence-corrected chi connectivity index (χ2v) is 10.1. The molecule has 0 aromatic carbocycles. The third-order valence-corrected chi connectivity index (χ3v) is 7.01. The molecule has 0 spiro atoms. The average Bonchev–Trinajstić information content (AvgIpc) is 2.66. The van der Waals surface area contributed by atoms with Crippen molar-refractivity contribution in [2.24, 2.45) is 23.7 Å². The lowest BCUT2D eigenvalue weighted by Gasteiger charge is -2.39. The molecular formula is C26H42O5. The van der Waals surface area contributed by atoms with E-state index in [0.29, 0.717) is 12.3 Å². The van der Waals surface area contributed by atoms with Crippen molar-refractivity contribution in [2.75, 3.05) is 0 Å². The van der Waals surface area contributed by atoms with Gasteiger partial charge in [-0.3, -0.25) is 9.59 Å². The Balaban J connectivity index is 2.22. The molecule has 7 atom stereocenters. The molecule has 1 unspecified atom stereocenters. The van der Waals surface area contributed by atoms with Crippen LogP contribution in [0.25, 0.3) is 0 Å². The number of rotatable bonds is 10. The van der Waals surface area contributed by atoms with Crippen LogP contribution in [-0.4, -0.2) is 40.3 Å². The Bertz CT molecular complexity index is 707. The summed E-state index contributed by atoms with van der Waals surface area (Å²) in [7, 11) is 0. The van der Waals surface area contributed by atoms with Gasteiger partial charge in [0.2, 0.25) is 0 Å². The van der Waals surface area contributed by atoms with E-state index >= 15 is 0 Å². The summed E-state index contributed by atoms with van der Waals surface area (Å²) in [5.74, 6) is 0.365. The zero-order valence-corrected chi connectivity index (χ0v) is 20.2. The van der Waals surface area contributed by atoms with E-state index in [1.807, 2.05) is 26.8 Å². The van der Waals surface area contributed by atoms with Crippen LogP contribution in [0.1, 0.15) is 86.5 Å². The summed E-state index contributed by atoms with van der Waals surface area (Å²) in [6.07, 6.45) is 5.50. The van der Waals surface area contributed by atoms with Crippen LogP contribution >= 0.6 is 0 Å². The fourth-order valence-electron chi connectivity index (χ4n) is 4.92. The summed E-state index contributed by atoms with van der Waals surface area (Å²) in [6, 6.07) is 0. The van der Waals surface area contributed by atoms with Crippen molar-refractivity contribution in [1.82, 2.24) is 0 Å². The Morgan fingerprint density at radius 3 is 2.55 bits per heavy atom. The number of hydrogen-bond acceptors (Lipinski definition) is 5. The first-order valence-corrected chi connectivity index (χ1v) is 12.0. The van der Waals surface area contributed by atoms with Crippen molar-refractivity contribution in [2.45, 2.75) is 105 Å². The van der Waals surface area contributed by atoms with Crippen LogP contribution in [0.3, 0.4) is 0 Å². The molecule has 5 heteroatoms. The number of ether oxygens (including phenoxy) is 1. The predicted molar refractivity (Wildman–Crippen MR) is 122 cm³/mol. The fraction of sp³-hybridized carbons (Fsp3) is 0.769. The van der Waals surface area contributed by atoms with Gasteiger partial charge in [-0.05, 0) is 68.4 Å². The number of Topliss-reactive ketones (excluding diaryl/α,β-unsaturated/α-hetero) is 1. The Morgan fingerprint density at radius 1 is 1.26 bits per heavy atom. The van der Waals surface area contributed by atoms with Crippen molar-refractivity contribution in [1.29, 1.82) is 0 Å². The number of aliphatic hydroxyl groups excluding tert-OH is 2. The second kappa shape index (κ2) is 11.4. The highest BCUT2D eigenvalue weighted by Crippen LogP contribution is 2.44. The van der Waals surface area contributed by atoms with Gasteiger partial charge < -0.3 is 14.9 Å². The zero-order chi connectivity index (χ0) is 23.3. The first kappa shape index (κ1) is 25.8. The monoisotopic (exact) mass is 434 g/mol. The zero-order valence-electron chi connectivity index (χ0n) is 20.2. The molecule has 0 radical (unpaired) electrons. The normalized spacial score (nSPS) is 29.0. The molecule has 5 nitrogen and oxygen atoms in total. The Hall–Kier alpha value is -1.46. The number of carbonyl (C=O) groups excluding carboxylic acids is 2. The molecular weight excluding hydrogens is 392 g/mol. The van der Waals surface area contributed by atoms with Gasteiger partial charge in [-0.2, -0.15) is 0 Å². The van der Waals surface area contributed by atoms with E-state index in [9.17, 15) is 19.8 Å². The molecule has 2 aliphatic carbocycles. The van der Waals surface area contributed by atoms with E-state index in [1.54, 1.807) is 0 Å². The predicted octanol–water partition coefficient (Wildman–Crippen LogP) is 4.75. The van der Waals surface area contributed by atoms with E-state index in [4.69, 9.17) is 4.74 Å². The first-order valence-electron chi connectivity index (χ1n) is 12.0. The molecule has 2 rings (SSSR count). The van der Waals surface area contributed by atoms with Crippen LogP contribution in [0.2, 0.25) is 0 Å². The highest BCUT2D eigenvalue weighted by molar-refractivity contribution is 5.75. The lowest BCUT2D eigenvalue weighted by molar-refractivity contribution is -0.152. The number of fused-ring (bicyclic) bond motifs is 1. The Morgan fingerprint density at radius 2 is 1.94 bits per heavy atom. The Labute approximate surface area is 187 Å². The largest absolute Gasteiger partial charge is 0.457 e. The molecule has 0 aliphatic heterocycles. The van der Waals surface area contributed by atoms with Gasteiger partial charge in [-0.1, -0.05) is 46.3 Å². The molecule has 0 amide bonds. The van der Waals surface area contributed by atoms with Crippen molar-refractivity contribution in [3.63, 3.8) is 0 Å². The fourth-order valence-corrected chi connectivity index (χ4v) is 4.92. The average molecular weight is 435 g/mol. The van der Waals surface area contributed by atoms with Gasteiger partial charge in [-0.15, -0.1) is 0 Å². The minimum atomic E-state index is -0.602. The maximum atomic E-state index is 12.6. The SMILES string of the molecule is CC[C@H](C)C(=O)O[C@H]1C[C@@H](C)CC2=CC(O)[C@H](C)C(CC[C@@H](C)C[C@@H](O)CC(C)=O)=C21. The number of hydrogen-bond donors (Lipinski definition) is 2. The van der Waals surface area contributed by atoms with E-state index in [0.717, 1.165) is 43.3 Å². The standard InChI is InChI=1S/C26H42O5/c1-7-17(4)26(30)31-24-12-16(3)10-20-14-23(29)19(6)22(25(20)24)9-8-15(2)11-21(28)13-18(5)27/h14-17,19,21,23-24,28-29H,7-13H2,1-6H3/t15-,16+,17+,19-,21-,23?,24+/m1/s1. The highest BCUT2D eigenvalue weighted by atomic mass is 16.5. The van der Waals surface area contributed by atoms with Gasteiger partial charge >= 0.3 is 5.97 Å². The highest BCUT2D eigenvalue weighted by Gasteiger charge is 2.38. The maximum absolute atomic E-state index is 12.6. The van der Waals surface area contributed by atoms with E-state index in [1.165, 1.54) is 12.5 Å². The Kier molecular flexibility index (Phi) is 9.50. The van der Waals surface area contributed by atoms with Crippen LogP contribution in [0.4, 0.5) is 0 Å². The van der Waals surface area contributed by atoms with Gasteiger partial charge in [0.15, 0.2) is 0 Å². The van der Waals surface area contributed by atoms with E-state index in [-0.39, 0.29) is 42.0 Å². The molecule has 1 saturated carbocycles. The summed E-state index contributed by atoms with van der Waals surface area (Å²) in [6.45, 7) is 11.7. The van der Waals surface area contributed by atoms with Crippen LogP contribution in [0, 0.1) is 23.7 Å². The third kappa shape index (κ3) is 7.01. The molecule has 0 bridgehead atoms. The lowest BCUT2D eigenvalue weighted by atomic mass is 9.70. The van der Waals surface area contributed by atoms with Crippen molar-refractivity contribution >= 4 is 11.8 Å². The molecule has 0 aromatic rings. The van der Waals surface area contributed by atoms with Crippen molar-refractivity contribution in [3.05, 3.63) is 22.8 Å². The maximum Gasteiger partial charge on any atom is 0.309 e. The van der Waals surface area contributed by atoms with Gasteiger partial charge in [-0.25, -0.2) is 0 Å². The minimum Gasteiger partial charge on any atom is -0.457 e. The van der Waals surface area contributed by atoms with Gasteiger partial charge in [0.05, 0.1) is 18.1 Å². The smallest absolute Gasteiger partial charge is 0.309 e. The molecule has 0 heterocycles. The topological polar surface area (TPSA) is 83.8 Å². The van der Waals surface area contributed by atoms with Crippen LogP contribution in [0.5, 0.6) is 0 Å². The van der Waals surface area contributed by atoms with Gasteiger partial charge in [0.25, 0.3) is 0 Å². The summed E-state index contributed by atoms with van der Waals surface area (Å²) < 4.78 is 6.02. The number of aliphatic hydroxyl groups is 2. The minimum absolute atomic E-state index is 0.00530. The number of esters is 1. The summed E-state index contributed by atoms with van der Waals surface area (Å²) in [5.41, 5.74) is 3.45. The van der Waals surface area contributed by atoms with Crippen LogP contribution in [0.15, 0.2) is 22.8 Å². The second-order valence-electron chi connectivity index (χ2n) is 10.1. The lowest BCUT2D eigenvalue weighted by Crippen LogP contribution is -2.36. The molecule has 176 valence electrons. The molecule has 0 aromatic heterocycles. The van der Waals surface area contributed by atoms with Crippen LogP contribution < -0.4 is 0 Å². The molecule has 1 fully saturated rings. The van der Waals surface area contributed by atoms with Gasteiger partial charge in [0.1, 0.15) is 11.9 Å². The first-order chi connectivity index (χ1) is 14.5. The molecule has 0 saturated heterocycles. The summed E-state index contributed by atoms with van der Waals surface area (Å²) in [4.78, 5) is 23.8. The van der Waals surface area contributed by atoms with E-state index < -0.39 is 12.2 Å². The van der Waals surface area contributed by atoms with Crippen molar-refractivity contribution < 1.29 is 24.5 Å². The number of ketones is 1. The molecule has 2 N–H and O–H groups in total. The molecule has 2 aliphatic rings.